The molecule has 4 bridgehead atoms. The lowest BCUT2D eigenvalue weighted by Crippen LogP contribution is -2.98. The van der Waals surface area contributed by atoms with Gasteiger partial charge >= 0.3 is 41.8 Å². The number of methoxy groups -OCH3 is 1. The van der Waals surface area contributed by atoms with Gasteiger partial charge in [0, 0.05) is 56.9 Å². The van der Waals surface area contributed by atoms with Crippen LogP contribution in [0.25, 0.3) is 0 Å². The van der Waals surface area contributed by atoms with E-state index in [2.05, 4.69) is 0 Å². The summed E-state index contributed by atoms with van der Waals surface area (Å²) in [5.41, 5.74) is -18.2. The predicted molar refractivity (Wildman–Crippen MR) is 191 cm³/mol. The Bertz CT molecular complexity index is 2190. The highest BCUT2D eigenvalue weighted by Gasteiger charge is 3.12. The van der Waals surface area contributed by atoms with Crippen LogP contribution in [-0.4, -0.2) is 124 Å². The van der Waals surface area contributed by atoms with Crippen molar-refractivity contribution in [3.8, 4) is 0 Å². The lowest BCUT2D eigenvalue weighted by molar-refractivity contribution is -0.472. The van der Waals surface area contributed by atoms with E-state index < -0.39 is 153 Å². The van der Waals surface area contributed by atoms with Gasteiger partial charge in [0.05, 0.1) is 36.4 Å². The third-order valence-electron chi connectivity index (χ3n) is 15.6. The van der Waals surface area contributed by atoms with Crippen LogP contribution in [0.5, 0.6) is 0 Å². The topological polar surface area (TPSA) is 265 Å². The van der Waals surface area contributed by atoms with E-state index in [1.54, 1.807) is 0 Å². The van der Waals surface area contributed by atoms with E-state index in [0.29, 0.717) is 0 Å². The van der Waals surface area contributed by atoms with Crippen molar-refractivity contribution >= 4 is 41.8 Å². The lowest BCUT2D eigenvalue weighted by Gasteiger charge is -2.77. The number of carbonyl (C=O) groups is 7. The van der Waals surface area contributed by atoms with Crippen molar-refractivity contribution in [3.63, 3.8) is 0 Å². The zero-order chi connectivity index (χ0) is 44.6. The third-order valence-corrected chi connectivity index (χ3v) is 15.6. The summed E-state index contributed by atoms with van der Waals surface area (Å²) in [6.07, 6.45) is -11.3. The first kappa shape index (κ1) is 41.7. The molecule has 3 aliphatic heterocycles. The normalized spacial score (nSPS) is 49.1. The molecule has 1 aromatic rings. The Hall–Kier alpha value is -4.63. The van der Waals surface area contributed by atoms with Crippen LogP contribution in [-0.2, 0) is 80.9 Å². The number of rotatable bonds is 9. The van der Waals surface area contributed by atoms with Gasteiger partial charge in [-0.1, -0.05) is 27.7 Å². The molecule has 8 aliphatic rings. The summed E-state index contributed by atoms with van der Waals surface area (Å²) in [6.45, 7) is 11.5. The molecule has 20 heteroatoms. The maximum Gasteiger partial charge on any atom is 0.348 e. The SMILES string of the molecule is COC(=O)[C@H](OC(C)=O)[C@H]1[C@@]2(C)C[C@]3(O)[C@](OC(=O)C(C)C)([C@H]4OC5(C)O[C@@]6([C@H](OC(C)=O)[C@H](O)[C@]78C[C@]7([C@@H](OC(C)=O)C(=O)O[C@H]8c7ccoc7)[C@@]46O5)[C@]13C)[C@H]2OC(C)=O. The maximum atomic E-state index is 14.7. The fourth-order valence-electron chi connectivity index (χ4n) is 14.4. The Labute approximate surface area is 348 Å². The highest BCUT2D eigenvalue weighted by Crippen LogP contribution is 2.96. The van der Waals surface area contributed by atoms with Gasteiger partial charge in [0.15, 0.2) is 17.8 Å². The van der Waals surface area contributed by atoms with Crippen LogP contribution in [0.3, 0.4) is 0 Å². The number of carbonyl (C=O) groups excluding carboxylic acids is 7. The maximum absolute atomic E-state index is 14.7. The zero-order valence-electron chi connectivity index (χ0n) is 35.1. The minimum atomic E-state index is -2.64. The van der Waals surface area contributed by atoms with Crippen LogP contribution in [0.15, 0.2) is 23.0 Å². The molecule has 8 fully saturated rings. The Morgan fingerprint density at radius 2 is 1.51 bits per heavy atom. The van der Waals surface area contributed by atoms with Crippen LogP contribution in [0.1, 0.15) is 86.8 Å². The second-order valence-electron chi connectivity index (χ2n) is 18.7. The summed E-state index contributed by atoms with van der Waals surface area (Å²) in [4.78, 5) is 96.5. The summed E-state index contributed by atoms with van der Waals surface area (Å²) in [5.74, 6) is -11.9. The van der Waals surface area contributed by atoms with E-state index in [-0.39, 0.29) is 12.0 Å². The number of hydrogen-bond acceptors (Lipinski definition) is 20. The van der Waals surface area contributed by atoms with Gasteiger partial charge in [-0.15, -0.1) is 0 Å². The molecule has 0 aromatic carbocycles. The predicted octanol–water partition coefficient (Wildman–Crippen LogP) is 0.854. The van der Waals surface area contributed by atoms with Crippen LogP contribution in [0.4, 0.5) is 0 Å². The fraction of sp³-hybridized carbons (Fsp3) is 0.732. The fourth-order valence-corrected chi connectivity index (χ4v) is 14.4. The van der Waals surface area contributed by atoms with Crippen molar-refractivity contribution in [2.45, 2.75) is 146 Å². The van der Waals surface area contributed by atoms with E-state index in [9.17, 15) is 43.8 Å². The summed E-state index contributed by atoms with van der Waals surface area (Å²) < 4.78 is 68.5. The molecule has 1 aromatic heterocycles. The van der Waals surface area contributed by atoms with Crippen molar-refractivity contribution in [3.05, 3.63) is 24.2 Å². The Morgan fingerprint density at radius 1 is 0.869 bits per heavy atom. The number of fused-ring (bicyclic) bond motifs is 3. The van der Waals surface area contributed by atoms with Gasteiger partial charge in [-0.25, -0.2) is 9.59 Å². The van der Waals surface area contributed by atoms with Crippen LogP contribution >= 0.6 is 0 Å². The number of aliphatic hydroxyl groups excluding tert-OH is 1. The van der Waals surface area contributed by atoms with Gasteiger partial charge < -0.3 is 62.0 Å². The van der Waals surface area contributed by atoms with Gasteiger partial charge in [0.1, 0.15) is 29.5 Å². The average Bonchev–Trinajstić information content (AvgIpc) is 3.50. The van der Waals surface area contributed by atoms with Crippen LogP contribution < -0.4 is 0 Å². The second kappa shape index (κ2) is 12.1. The first-order chi connectivity index (χ1) is 28.3. The molecular weight excluding hydrogens is 812 g/mol. The van der Waals surface area contributed by atoms with E-state index in [4.69, 9.17) is 51.8 Å². The Morgan fingerprint density at radius 3 is 2.07 bits per heavy atom. The highest BCUT2D eigenvalue weighted by molar-refractivity contribution is 5.85. The van der Waals surface area contributed by atoms with Gasteiger partial charge in [-0.2, -0.15) is 0 Å². The first-order valence-corrected chi connectivity index (χ1v) is 20.0. The molecular formula is C41H48O20. The van der Waals surface area contributed by atoms with Crippen molar-refractivity contribution < 1.29 is 95.6 Å². The van der Waals surface area contributed by atoms with E-state index in [1.807, 2.05) is 0 Å². The number of furan rings is 1. The van der Waals surface area contributed by atoms with Crippen molar-refractivity contribution in [2.75, 3.05) is 7.11 Å². The molecule has 2 N–H and O–H groups in total. The summed E-state index contributed by atoms with van der Waals surface area (Å²) in [7, 11) is 1.03. The molecule has 332 valence electrons. The van der Waals surface area contributed by atoms with Crippen molar-refractivity contribution in [1.29, 1.82) is 0 Å². The van der Waals surface area contributed by atoms with Gasteiger partial charge in [0.25, 0.3) is 5.97 Å². The van der Waals surface area contributed by atoms with E-state index in [0.717, 1.165) is 34.8 Å². The summed E-state index contributed by atoms with van der Waals surface area (Å²) >= 11 is 0. The lowest BCUT2D eigenvalue weighted by atomic mass is 9.33. The summed E-state index contributed by atoms with van der Waals surface area (Å²) in [5, 5.41) is 27.5. The molecule has 20 nitrogen and oxygen atoms in total. The molecule has 4 heterocycles. The van der Waals surface area contributed by atoms with E-state index in [1.165, 1.54) is 53.2 Å². The first-order valence-electron chi connectivity index (χ1n) is 20.0. The van der Waals surface area contributed by atoms with Crippen molar-refractivity contribution in [1.82, 2.24) is 0 Å². The number of aliphatic hydroxyl groups is 2. The Kier molecular flexibility index (Phi) is 8.26. The van der Waals surface area contributed by atoms with Gasteiger partial charge in [0.2, 0.25) is 17.8 Å². The Balaban J connectivity index is 1.48. The van der Waals surface area contributed by atoms with Crippen LogP contribution in [0, 0.1) is 33.5 Å². The molecule has 5 saturated carbocycles. The van der Waals surface area contributed by atoms with E-state index >= 15 is 0 Å². The summed E-state index contributed by atoms with van der Waals surface area (Å²) in [6, 6.07) is 1.48. The number of esters is 7. The molecule has 1 unspecified atom stereocenters. The van der Waals surface area contributed by atoms with Gasteiger partial charge in [-0.05, 0) is 18.9 Å². The smallest absolute Gasteiger partial charge is 0.348 e. The molecule has 3 saturated heterocycles. The number of hydrogen-bond donors (Lipinski definition) is 2. The molecule has 9 rings (SSSR count). The molecule has 0 radical (unpaired) electrons. The molecule has 5 aliphatic carbocycles. The van der Waals surface area contributed by atoms with Gasteiger partial charge in [-0.3, -0.25) is 24.0 Å². The number of cyclic esters (lactones) is 1. The highest BCUT2D eigenvalue weighted by atomic mass is 17.0. The standard InChI is InChI=1S/C41H48O20/c1-16(2)28(47)58-39-31(56-20(6)45)33(7)14-38(39,50)34(8,23(33)22(29(48)51-10)53-17(3)42)40-26(54-18(4)43)24(46)36-15-37(36,41(40)32(39)59-35(9,60-40)61-41)27(55-19(5)44)30(49)57-25(36)21-11-12-52-13-21/h11-13,16,22-27,31-32,46,50H,14-15H2,1-10H3/t22-,23+,24+,25+,26-,27+,31+,32-,33-,34-,35?,36+,37-,38-,39-,40+,41+/m1/s1. The molecule has 0 amide bonds. The van der Waals surface area contributed by atoms with Crippen LogP contribution in [0.2, 0.25) is 0 Å². The minimum absolute atomic E-state index is 0.229. The number of ether oxygens (including phenoxy) is 10. The monoisotopic (exact) mass is 860 g/mol. The largest absolute Gasteiger partial charge is 0.472 e. The van der Waals surface area contributed by atoms with Crippen molar-refractivity contribution in [2.24, 2.45) is 33.5 Å². The second-order valence-corrected chi connectivity index (χ2v) is 18.7. The molecule has 61 heavy (non-hydrogen) atoms. The minimum Gasteiger partial charge on any atom is -0.472 e. The zero-order valence-corrected chi connectivity index (χ0v) is 35.1. The average molecular weight is 861 g/mol. The molecule has 1 spiro atoms. The quantitative estimate of drug-likeness (QED) is 0.257. The third kappa shape index (κ3) is 4.17. The molecule has 17 atom stereocenters.